The molecule has 1 aromatic rings. The van der Waals surface area contributed by atoms with Crippen molar-refractivity contribution in [1.82, 2.24) is 20.7 Å². The lowest BCUT2D eigenvalue weighted by atomic mass is 9.82. The highest BCUT2D eigenvalue weighted by Gasteiger charge is 2.35. The fraction of sp³-hybridized carbons (Fsp3) is 0.667. The van der Waals surface area contributed by atoms with Crippen LogP contribution in [0.25, 0.3) is 0 Å². The molecular formula is C18H28N4O3. The largest absolute Gasteiger partial charge is 0.481 e. The standard InChI is InChI=1S/C18H28N4O3/c1-4-12-11-19-21-16(12)13-7-9-22(10-8-13)18(23)14-5-6-15(24-2)20-17(14)25-3/h5-6,12-13,16,19,21H,4,7-11H2,1-3H3. The second-order valence-electron chi connectivity index (χ2n) is 6.76. The summed E-state index contributed by atoms with van der Waals surface area (Å²) in [4.78, 5) is 19.0. The van der Waals surface area contributed by atoms with Crippen LogP contribution in [0.2, 0.25) is 0 Å². The van der Waals surface area contributed by atoms with E-state index in [1.54, 1.807) is 19.2 Å². The van der Waals surface area contributed by atoms with Gasteiger partial charge in [-0.1, -0.05) is 13.3 Å². The molecule has 0 aliphatic carbocycles. The SMILES string of the molecule is CCC1CNNC1C1CCN(C(=O)c2ccc(OC)nc2OC)CC1. The van der Waals surface area contributed by atoms with E-state index in [0.717, 1.165) is 32.5 Å². The van der Waals surface area contributed by atoms with Crippen LogP contribution in [0.3, 0.4) is 0 Å². The lowest BCUT2D eigenvalue weighted by Gasteiger charge is -2.36. The highest BCUT2D eigenvalue weighted by molar-refractivity contribution is 5.96. The first-order valence-corrected chi connectivity index (χ1v) is 9.04. The number of hydrogen-bond donors (Lipinski definition) is 2. The van der Waals surface area contributed by atoms with Crippen molar-refractivity contribution in [2.45, 2.75) is 32.2 Å². The maximum Gasteiger partial charge on any atom is 0.259 e. The number of pyridine rings is 1. The summed E-state index contributed by atoms with van der Waals surface area (Å²) < 4.78 is 10.4. The quantitative estimate of drug-likeness (QED) is 0.839. The maximum absolute atomic E-state index is 12.9. The average molecular weight is 348 g/mol. The van der Waals surface area contributed by atoms with Crippen LogP contribution in [0.15, 0.2) is 12.1 Å². The van der Waals surface area contributed by atoms with E-state index in [2.05, 4.69) is 22.8 Å². The Morgan fingerprint density at radius 3 is 2.68 bits per heavy atom. The molecule has 1 aromatic heterocycles. The molecule has 0 radical (unpaired) electrons. The number of piperidine rings is 1. The van der Waals surface area contributed by atoms with Crippen LogP contribution >= 0.6 is 0 Å². The Hall–Kier alpha value is -1.86. The van der Waals surface area contributed by atoms with Gasteiger partial charge in [-0.05, 0) is 30.7 Å². The lowest BCUT2D eigenvalue weighted by molar-refractivity contribution is 0.0659. The van der Waals surface area contributed by atoms with Gasteiger partial charge in [0.25, 0.3) is 5.91 Å². The van der Waals surface area contributed by atoms with Crippen molar-refractivity contribution in [3.8, 4) is 11.8 Å². The summed E-state index contributed by atoms with van der Waals surface area (Å²) in [6.07, 6.45) is 3.22. The number of hydrazine groups is 1. The molecule has 2 aliphatic heterocycles. The van der Waals surface area contributed by atoms with Gasteiger partial charge < -0.3 is 14.4 Å². The minimum Gasteiger partial charge on any atom is -0.481 e. The molecule has 7 heteroatoms. The summed E-state index contributed by atoms with van der Waals surface area (Å²) in [7, 11) is 3.07. The topological polar surface area (TPSA) is 75.7 Å². The molecule has 0 saturated carbocycles. The first-order chi connectivity index (χ1) is 12.2. The zero-order valence-corrected chi connectivity index (χ0v) is 15.2. The Kier molecular flexibility index (Phi) is 5.75. The van der Waals surface area contributed by atoms with E-state index in [1.807, 2.05) is 4.90 Å². The van der Waals surface area contributed by atoms with Gasteiger partial charge in [0.15, 0.2) is 0 Å². The smallest absolute Gasteiger partial charge is 0.259 e. The molecule has 3 heterocycles. The lowest BCUT2D eigenvalue weighted by Crippen LogP contribution is -2.46. The van der Waals surface area contributed by atoms with Gasteiger partial charge in [0.1, 0.15) is 5.56 Å². The van der Waals surface area contributed by atoms with Crippen LogP contribution in [0, 0.1) is 11.8 Å². The van der Waals surface area contributed by atoms with Crippen molar-refractivity contribution >= 4 is 5.91 Å². The van der Waals surface area contributed by atoms with Gasteiger partial charge in [-0.2, -0.15) is 4.98 Å². The van der Waals surface area contributed by atoms with Gasteiger partial charge >= 0.3 is 0 Å². The molecule has 0 bridgehead atoms. The predicted octanol–water partition coefficient (Wildman–Crippen LogP) is 1.45. The molecule has 2 saturated heterocycles. The van der Waals surface area contributed by atoms with E-state index in [-0.39, 0.29) is 5.91 Å². The fourth-order valence-corrected chi connectivity index (χ4v) is 3.94. The van der Waals surface area contributed by atoms with Gasteiger partial charge in [-0.25, -0.2) is 0 Å². The first-order valence-electron chi connectivity index (χ1n) is 9.04. The van der Waals surface area contributed by atoms with Crippen LogP contribution in [0.5, 0.6) is 11.8 Å². The number of aromatic nitrogens is 1. The third kappa shape index (κ3) is 3.72. The number of amides is 1. The molecule has 7 nitrogen and oxygen atoms in total. The number of nitrogens with zero attached hydrogens (tertiary/aromatic N) is 2. The first kappa shape index (κ1) is 17.9. The number of carbonyl (C=O) groups excluding carboxylic acids is 1. The van der Waals surface area contributed by atoms with Crippen LogP contribution in [-0.4, -0.2) is 55.7 Å². The maximum atomic E-state index is 12.9. The van der Waals surface area contributed by atoms with Gasteiger partial charge in [-0.15, -0.1) is 0 Å². The number of carbonyl (C=O) groups is 1. The summed E-state index contributed by atoms with van der Waals surface area (Å²) >= 11 is 0. The minimum atomic E-state index is -0.0185. The van der Waals surface area contributed by atoms with Crippen molar-refractivity contribution < 1.29 is 14.3 Å². The number of likely N-dealkylation sites (tertiary alicyclic amines) is 1. The summed E-state index contributed by atoms with van der Waals surface area (Å²) in [5, 5.41) is 0. The summed E-state index contributed by atoms with van der Waals surface area (Å²) in [5.41, 5.74) is 7.22. The van der Waals surface area contributed by atoms with Crippen LogP contribution in [0.4, 0.5) is 0 Å². The summed E-state index contributed by atoms with van der Waals surface area (Å²) in [6, 6.07) is 3.94. The van der Waals surface area contributed by atoms with Crippen molar-refractivity contribution in [1.29, 1.82) is 0 Å². The molecule has 2 fully saturated rings. The monoisotopic (exact) mass is 348 g/mol. The Morgan fingerprint density at radius 1 is 1.28 bits per heavy atom. The average Bonchev–Trinajstić information content (AvgIpc) is 3.15. The molecule has 2 N–H and O–H groups in total. The van der Waals surface area contributed by atoms with E-state index in [0.29, 0.717) is 35.2 Å². The predicted molar refractivity (Wildman–Crippen MR) is 94.7 cm³/mol. The zero-order chi connectivity index (χ0) is 17.8. The Labute approximate surface area is 149 Å². The molecule has 2 aliphatic rings. The van der Waals surface area contributed by atoms with Crippen LogP contribution in [0.1, 0.15) is 36.5 Å². The summed E-state index contributed by atoms with van der Waals surface area (Å²) in [6.45, 7) is 4.82. The molecular weight excluding hydrogens is 320 g/mol. The molecule has 3 rings (SSSR count). The minimum absolute atomic E-state index is 0.0185. The van der Waals surface area contributed by atoms with Crippen molar-refractivity contribution in [3.05, 3.63) is 17.7 Å². The van der Waals surface area contributed by atoms with Gasteiger partial charge in [0.05, 0.1) is 14.2 Å². The molecule has 25 heavy (non-hydrogen) atoms. The van der Waals surface area contributed by atoms with Crippen molar-refractivity contribution in [2.75, 3.05) is 33.9 Å². The Morgan fingerprint density at radius 2 is 2.04 bits per heavy atom. The number of nitrogens with one attached hydrogen (secondary N) is 2. The zero-order valence-electron chi connectivity index (χ0n) is 15.2. The van der Waals surface area contributed by atoms with Crippen molar-refractivity contribution in [2.24, 2.45) is 11.8 Å². The van der Waals surface area contributed by atoms with E-state index in [9.17, 15) is 4.79 Å². The molecule has 138 valence electrons. The van der Waals surface area contributed by atoms with E-state index >= 15 is 0 Å². The van der Waals surface area contributed by atoms with Gasteiger partial charge in [0, 0.05) is 31.7 Å². The molecule has 0 aromatic carbocycles. The second-order valence-corrected chi connectivity index (χ2v) is 6.76. The summed E-state index contributed by atoms with van der Waals surface area (Å²) in [5.74, 6) is 2.03. The highest BCUT2D eigenvalue weighted by atomic mass is 16.5. The molecule has 2 unspecified atom stereocenters. The number of methoxy groups -OCH3 is 2. The number of rotatable bonds is 5. The third-order valence-electron chi connectivity index (χ3n) is 5.47. The number of hydrogen-bond acceptors (Lipinski definition) is 6. The van der Waals surface area contributed by atoms with Gasteiger partial charge in [0.2, 0.25) is 11.8 Å². The van der Waals surface area contributed by atoms with Crippen LogP contribution < -0.4 is 20.3 Å². The molecule has 1 amide bonds. The van der Waals surface area contributed by atoms with E-state index in [1.165, 1.54) is 13.5 Å². The highest BCUT2D eigenvalue weighted by Crippen LogP contribution is 2.29. The molecule has 0 spiro atoms. The van der Waals surface area contributed by atoms with E-state index in [4.69, 9.17) is 9.47 Å². The van der Waals surface area contributed by atoms with Crippen LogP contribution in [-0.2, 0) is 0 Å². The third-order valence-corrected chi connectivity index (χ3v) is 5.47. The fourth-order valence-electron chi connectivity index (χ4n) is 3.94. The number of ether oxygens (including phenoxy) is 2. The molecule has 2 atom stereocenters. The van der Waals surface area contributed by atoms with Gasteiger partial charge in [-0.3, -0.25) is 15.6 Å². The Bertz CT molecular complexity index is 602. The van der Waals surface area contributed by atoms with Crippen molar-refractivity contribution in [3.63, 3.8) is 0 Å². The Balaban J connectivity index is 1.64. The normalized spacial score (nSPS) is 24.4. The second kappa shape index (κ2) is 8.01. The van der Waals surface area contributed by atoms with E-state index < -0.39 is 0 Å².